The minimum absolute atomic E-state index is 0.0117. The maximum absolute atomic E-state index is 13.7. The average Bonchev–Trinajstić information content (AvgIpc) is 3.09. The number of carbonyl (C=O) groups excluding carboxylic acids is 3. The second kappa shape index (κ2) is 10.9. The predicted molar refractivity (Wildman–Crippen MR) is 115 cm³/mol. The first-order chi connectivity index (χ1) is 15.2. The molecule has 2 atom stereocenters. The van der Waals surface area contributed by atoms with Gasteiger partial charge in [0.15, 0.2) is 5.66 Å². The van der Waals surface area contributed by atoms with Crippen LogP contribution in [-0.4, -0.2) is 62.6 Å². The fraction of sp³-hybridized carbons (Fsp3) is 0.571. The van der Waals surface area contributed by atoms with Crippen LogP contribution in [0.1, 0.15) is 39.2 Å². The summed E-state index contributed by atoms with van der Waals surface area (Å²) in [6.07, 6.45) is 0. The molecule has 0 radical (unpaired) electrons. The van der Waals surface area contributed by atoms with Gasteiger partial charge in [0, 0.05) is 0 Å². The lowest BCUT2D eigenvalue weighted by atomic mass is 9.80. The highest BCUT2D eigenvalue weighted by molar-refractivity contribution is 7.56. The van der Waals surface area contributed by atoms with E-state index >= 15 is 0 Å². The molecule has 0 spiro atoms. The van der Waals surface area contributed by atoms with E-state index in [2.05, 4.69) is 5.32 Å². The van der Waals surface area contributed by atoms with Gasteiger partial charge in [-0.3, -0.25) is 9.36 Å². The number of hydrogen-bond donors (Lipinski definition) is 1. The van der Waals surface area contributed by atoms with Crippen LogP contribution in [0.15, 0.2) is 24.3 Å². The topological polar surface area (TPSA) is 126 Å². The van der Waals surface area contributed by atoms with Gasteiger partial charge in [-0.05, 0) is 45.4 Å². The molecule has 1 aromatic rings. The van der Waals surface area contributed by atoms with Gasteiger partial charge in [-0.15, -0.1) is 0 Å². The van der Waals surface area contributed by atoms with Crippen molar-refractivity contribution in [3.63, 3.8) is 0 Å². The number of amides is 1. The van der Waals surface area contributed by atoms with E-state index in [0.29, 0.717) is 11.3 Å². The van der Waals surface area contributed by atoms with Crippen molar-refractivity contribution in [3.8, 4) is 5.75 Å². The highest BCUT2D eigenvalue weighted by Gasteiger charge is 2.69. The number of carbonyl (C=O) groups is 3. The third-order valence-electron chi connectivity index (χ3n) is 5.00. The summed E-state index contributed by atoms with van der Waals surface area (Å²) in [5.74, 6) is -3.65. The van der Waals surface area contributed by atoms with Crippen LogP contribution in [0.2, 0.25) is 0 Å². The maximum atomic E-state index is 13.7. The first kappa shape index (κ1) is 25.8. The van der Waals surface area contributed by atoms with Crippen molar-refractivity contribution >= 4 is 25.4 Å². The Morgan fingerprint density at radius 2 is 1.44 bits per heavy atom. The van der Waals surface area contributed by atoms with Crippen LogP contribution < -0.4 is 10.1 Å². The molecule has 11 heteroatoms. The first-order valence-electron chi connectivity index (χ1n) is 10.4. The Hall–Kier alpha value is -2.42. The summed E-state index contributed by atoms with van der Waals surface area (Å²) in [6.45, 7) is 6.21. The van der Waals surface area contributed by atoms with Crippen molar-refractivity contribution in [3.05, 3.63) is 29.8 Å². The second-order valence-corrected chi connectivity index (χ2v) is 8.96. The summed E-state index contributed by atoms with van der Waals surface area (Å²) in [5, 5.41) is 2.43. The van der Waals surface area contributed by atoms with Crippen molar-refractivity contribution in [1.82, 2.24) is 5.32 Å². The summed E-state index contributed by atoms with van der Waals surface area (Å²) in [4.78, 5) is 39.6. The zero-order valence-corrected chi connectivity index (χ0v) is 19.8. The number of benzene rings is 1. The quantitative estimate of drug-likeness (QED) is 0.294. The molecule has 1 aromatic carbocycles. The van der Waals surface area contributed by atoms with Crippen LogP contribution in [0.5, 0.6) is 5.75 Å². The van der Waals surface area contributed by atoms with E-state index in [4.69, 9.17) is 23.3 Å². The van der Waals surface area contributed by atoms with Crippen molar-refractivity contribution in [2.24, 2.45) is 0 Å². The molecule has 10 nitrogen and oxygen atoms in total. The molecule has 2 rings (SSSR count). The van der Waals surface area contributed by atoms with E-state index in [9.17, 15) is 18.9 Å². The van der Waals surface area contributed by atoms with Gasteiger partial charge in [0.25, 0.3) is 0 Å². The Kier molecular flexibility index (Phi) is 8.83. The van der Waals surface area contributed by atoms with Crippen molar-refractivity contribution in [2.75, 3.05) is 33.5 Å². The largest absolute Gasteiger partial charge is 0.497 e. The lowest BCUT2D eigenvalue weighted by Crippen LogP contribution is -2.60. The molecule has 0 unspecified atom stereocenters. The van der Waals surface area contributed by atoms with Gasteiger partial charge >= 0.3 is 19.5 Å². The molecule has 1 heterocycles. The molecule has 1 saturated heterocycles. The molecule has 0 bridgehead atoms. The van der Waals surface area contributed by atoms with E-state index < -0.39 is 42.6 Å². The first-order valence-corrected chi connectivity index (χ1v) is 12.1. The zero-order valence-electron chi connectivity index (χ0n) is 18.9. The van der Waals surface area contributed by atoms with Gasteiger partial charge in [-0.25, -0.2) is 9.59 Å². The molecule has 0 aromatic heterocycles. The summed E-state index contributed by atoms with van der Waals surface area (Å²) in [7, 11) is -2.64. The highest BCUT2D eigenvalue weighted by atomic mass is 31.2. The number of rotatable bonds is 11. The van der Waals surface area contributed by atoms with Crippen LogP contribution in [0.3, 0.4) is 0 Å². The minimum Gasteiger partial charge on any atom is -0.497 e. The van der Waals surface area contributed by atoms with Crippen LogP contribution in [0, 0.1) is 0 Å². The molecule has 1 aliphatic heterocycles. The molecule has 1 aliphatic rings. The highest BCUT2D eigenvalue weighted by Crippen LogP contribution is 2.62. The fourth-order valence-electron chi connectivity index (χ4n) is 3.79. The lowest BCUT2D eigenvalue weighted by Gasteiger charge is -2.33. The molecule has 0 aliphatic carbocycles. The van der Waals surface area contributed by atoms with Crippen LogP contribution >= 0.6 is 7.60 Å². The third-order valence-corrected chi connectivity index (χ3v) is 7.45. The molecule has 32 heavy (non-hydrogen) atoms. The smallest absolute Gasteiger partial charge is 0.344 e. The number of hydrogen-bond acceptors (Lipinski definition) is 9. The lowest BCUT2D eigenvalue weighted by molar-refractivity contribution is -0.167. The number of ether oxygens (including phenoxy) is 3. The van der Waals surface area contributed by atoms with E-state index in [0.717, 1.165) is 0 Å². The van der Waals surface area contributed by atoms with Crippen molar-refractivity contribution < 1.29 is 42.2 Å². The van der Waals surface area contributed by atoms with Crippen LogP contribution in [0.4, 0.5) is 0 Å². The Bertz CT molecular complexity index is 843. The van der Waals surface area contributed by atoms with Crippen LogP contribution in [-0.2, 0) is 37.5 Å². The average molecular weight is 471 g/mol. The number of methoxy groups -OCH3 is 1. The van der Waals surface area contributed by atoms with Gasteiger partial charge in [-0.1, -0.05) is 12.1 Å². The Balaban J connectivity index is 2.80. The van der Waals surface area contributed by atoms with E-state index in [1.54, 1.807) is 52.0 Å². The van der Waals surface area contributed by atoms with Crippen molar-refractivity contribution in [2.45, 2.75) is 44.8 Å². The Morgan fingerprint density at radius 1 is 0.938 bits per heavy atom. The van der Waals surface area contributed by atoms with Gasteiger partial charge in [0.2, 0.25) is 11.4 Å². The fourth-order valence-corrected chi connectivity index (χ4v) is 6.02. The minimum atomic E-state index is -4.12. The van der Waals surface area contributed by atoms with Crippen molar-refractivity contribution in [1.29, 1.82) is 0 Å². The molecule has 1 fully saturated rings. The number of esters is 2. The molecule has 1 amide bonds. The Labute approximate surface area is 187 Å². The summed E-state index contributed by atoms with van der Waals surface area (Å²) < 4.78 is 40.1. The number of nitrogens with one attached hydrogen (secondary N) is 1. The van der Waals surface area contributed by atoms with E-state index in [1.807, 2.05) is 0 Å². The second-order valence-electron chi connectivity index (χ2n) is 6.81. The van der Waals surface area contributed by atoms with Gasteiger partial charge < -0.3 is 28.6 Å². The summed E-state index contributed by atoms with van der Waals surface area (Å²) in [6, 6.07) is 6.35. The van der Waals surface area contributed by atoms with E-state index in [-0.39, 0.29) is 26.4 Å². The molecular formula is C21H30NO9P. The molecular weight excluding hydrogens is 441 g/mol. The normalized spacial score (nSPS) is 19.8. The van der Waals surface area contributed by atoms with E-state index in [1.165, 1.54) is 7.11 Å². The Morgan fingerprint density at radius 3 is 1.84 bits per heavy atom. The third kappa shape index (κ3) is 4.67. The molecule has 1 N–H and O–H groups in total. The van der Waals surface area contributed by atoms with Gasteiger partial charge in [-0.2, -0.15) is 0 Å². The summed E-state index contributed by atoms with van der Waals surface area (Å²) >= 11 is 0. The standard InChI is InChI=1S/C21H30NO9P/c1-6-28-19(24)21(20(25)29-7-2)16(14-10-12-15(27-5)13-11-14)17(18(23)22-21)32(26,30-8-3)31-9-4/h10-13,16-17H,6-9H2,1-5H3,(H,22,23)/t16-,17-/m1/s1. The SMILES string of the molecule is CCOC(=O)C1(C(=O)OCC)NC(=O)[C@H](P(=O)(OCC)OCC)[C@H]1c1ccc(OC)cc1. The van der Waals surface area contributed by atoms with Gasteiger partial charge in [0.05, 0.1) is 39.5 Å². The zero-order chi connectivity index (χ0) is 23.9. The van der Waals surface area contributed by atoms with Crippen LogP contribution in [0.25, 0.3) is 0 Å². The van der Waals surface area contributed by atoms with Gasteiger partial charge in [0.1, 0.15) is 5.75 Å². The predicted octanol–water partition coefficient (Wildman–Crippen LogP) is 2.41. The molecule has 0 saturated carbocycles. The molecule has 178 valence electrons. The maximum Gasteiger partial charge on any atom is 0.344 e. The summed E-state index contributed by atoms with van der Waals surface area (Å²) in [5.41, 5.74) is -3.41. The monoisotopic (exact) mass is 471 g/mol.